The molecule has 2 aromatic heterocycles. The Morgan fingerprint density at radius 1 is 1.41 bits per heavy atom. The van der Waals surface area contributed by atoms with Gasteiger partial charge < -0.3 is 10.3 Å². The zero-order valence-corrected chi connectivity index (χ0v) is 12.3. The first kappa shape index (κ1) is 12.9. The smallest absolute Gasteiger partial charge is 0.0702 e. The summed E-state index contributed by atoms with van der Waals surface area (Å²) in [5, 5.41) is 0. The van der Waals surface area contributed by atoms with Crippen LogP contribution >= 0.6 is 27.3 Å². The molecule has 2 aromatic rings. The maximum Gasteiger partial charge on any atom is 0.0702 e. The van der Waals surface area contributed by atoms with Gasteiger partial charge in [-0.1, -0.05) is 6.92 Å². The van der Waals surface area contributed by atoms with Crippen molar-refractivity contribution in [3.8, 4) is 0 Å². The third kappa shape index (κ3) is 3.44. The van der Waals surface area contributed by atoms with Crippen LogP contribution in [0.25, 0.3) is 0 Å². The number of halogens is 1. The molecule has 0 amide bonds. The van der Waals surface area contributed by atoms with Crippen molar-refractivity contribution >= 4 is 27.3 Å². The van der Waals surface area contributed by atoms with E-state index in [2.05, 4.69) is 57.9 Å². The van der Waals surface area contributed by atoms with Gasteiger partial charge in [0.1, 0.15) is 0 Å². The van der Waals surface area contributed by atoms with E-state index in [1.165, 1.54) is 14.4 Å². The minimum atomic E-state index is 0.263. The van der Waals surface area contributed by atoms with Crippen molar-refractivity contribution in [1.29, 1.82) is 0 Å². The predicted molar refractivity (Wildman–Crippen MR) is 77.5 cm³/mol. The Hall–Kier alpha value is -0.580. The molecule has 0 spiro atoms. The standard InChI is InChI=1S/C13H17BrN2S/c1-2-10(15)8-11-4-3-7-16(11)9-12-5-6-13(14)17-12/h3-7,10H,2,8-9,15H2,1H3. The average molecular weight is 313 g/mol. The molecule has 4 heteroatoms. The van der Waals surface area contributed by atoms with Gasteiger partial charge in [0.15, 0.2) is 0 Å². The number of nitrogens with zero attached hydrogens (tertiary/aromatic N) is 1. The lowest BCUT2D eigenvalue weighted by Crippen LogP contribution is -2.23. The fourth-order valence-electron chi connectivity index (χ4n) is 1.81. The fourth-order valence-corrected chi connectivity index (χ4v) is 3.29. The van der Waals surface area contributed by atoms with Crippen LogP contribution in [-0.2, 0) is 13.0 Å². The molecule has 92 valence electrons. The number of rotatable bonds is 5. The van der Waals surface area contributed by atoms with E-state index in [1.807, 2.05) is 0 Å². The molecule has 0 saturated heterocycles. The van der Waals surface area contributed by atoms with Gasteiger partial charge >= 0.3 is 0 Å². The molecule has 2 nitrogen and oxygen atoms in total. The van der Waals surface area contributed by atoms with Crippen molar-refractivity contribution < 1.29 is 0 Å². The summed E-state index contributed by atoms with van der Waals surface area (Å²) in [4.78, 5) is 1.36. The zero-order chi connectivity index (χ0) is 12.3. The summed E-state index contributed by atoms with van der Waals surface area (Å²) in [5.41, 5.74) is 7.34. The summed E-state index contributed by atoms with van der Waals surface area (Å²) >= 11 is 5.28. The van der Waals surface area contributed by atoms with Crippen LogP contribution < -0.4 is 5.73 Å². The molecule has 2 N–H and O–H groups in total. The Balaban J connectivity index is 2.08. The number of hydrogen-bond acceptors (Lipinski definition) is 2. The van der Waals surface area contributed by atoms with Crippen LogP contribution in [0.5, 0.6) is 0 Å². The summed E-state index contributed by atoms with van der Waals surface area (Å²) in [6, 6.07) is 8.79. The first-order valence-electron chi connectivity index (χ1n) is 5.83. The average Bonchev–Trinajstić information content (AvgIpc) is 2.89. The zero-order valence-electron chi connectivity index (χ0n) is 9.90. The van der Waals surface area contributed by atoms with Crippen LogP contribution in [0.2, 0.25) is 0 Å². The summed E-state index contributed by atoms with van der Waals surface area (Å²) in [6.45, 7) is 3.07. The van der Waals surface area contributed by atoms with Crippen LogP contribution in [0.3, 0.4) is 0 Å². The first-order chi connectivity index (χ1) is 8.19. The van der Waals surface area contributed by atoms with Crippen molar-refractivity contribution in [3.63, 3.8) is 0 Å². The predicted octanol–water partition coefficient (Wildman–Crippen LogP) is 3.64. The molecule has 0 aromatic carbocycles. The van der Waals surface area contributed by atoms with Gasteiger partial charge in [0.2, 0.25) is 0 Å². The summed E-state index contributed by atoms with van der Waals surface area (Å²) in [7, 11) is 0. The molecule has 17 heavy (non-hydrogen) atoms. The van der Waals surface area contributed by atoms with Gasteiger partial charge in [-0.3, -0.25) is 0 Å². The third-order valence-electron chi connectivity index (χ3n) is 2.87. The van der Waals surface area contributed by atoms with Crippen molar-refractivity contribution in [3.05, 3.63) is 44.8 Å². The number of aromatic nitrogens is 1. The van der Waals surface area contributed by atoms with E-state index in [4.69, 9.17) is 5.73 Å². The number of hydrogen-bond donors (Lipinski definition) is 1. The lowest BCUT2D eigenvalue weighted by atomic mass is 10.1. The van der Waals surface area contributed by atoms with Gasteiger partial charge in [-0.2, -0.15) is 0 Å². The van der Waals surface area contributed by atoms with Crippen molar-refractivity contribution in [2.75, 3.05) is 0 Å². The van der Waals surface area contributed by atoms with Gasteiger partial charge in [0, 0.05) is 29.2 Å². The summed E-state index contributed by atoms with van der Waals surface area (Å²) in [5.74, 6) is 0. The second kappa shape index (κ2) is 5.85. The van der Waals surface area contributed by atoms with Crippen LogP contribution in [0.4, 0.5) is 0 Å². The summed E-state index contributed by atoms with van der Waals surface area (Å²) in [6.07, 6.45) is 4.11. The topological polar surface area (TPSA) is 30.9 Å². The van der Waals surface area contributed by atoms with Crippen LogP contribution in [0.1, 0.15) is 23.9 Å². The van der Waals surface area contributed by atoms with E-state index in [-0.39, 0.29) is 6.04 Å². The van der Waals surface area contributed by atoms with E-state index in [0.717, 1.165) is 19.4 Å². The highest BCUT2D eigenvalue weighted by Gasteiger charge is 2.07. The SMILES string of the molecule is CCC(N)Cc1cccn1Cc1ccc(Br)s1. The van der Waals surface area contributed by atoms with Crippen molar-refractivity contribution in [2.24, 2.45) is 5.73 Å². The van der Waals surface area contributed by atoms with Gasteiger partial charge in [0.25, 0.3) is 0 Å². The lowest BCUT2D eigenvalue weighted by Gasteiger charge is -2.12. The highest BCUT2D eigenvalue weighted by Crippen LogP contribution is 2.23. The molecule has 1 atom stereocenters. The van der Waals surface area contributed by atoms with Crippen LogP contribution in [0.15, 0.2) is 34.2 Å². The van der Waals surface area contributed by atoms with E-state index < -0.39 is 0 Å². The second-order valence-corrected chi connectivity index (χ2v) is 6.75. The van der Waals surface area contributed by atoms with Gasteiger partial charge in [-0.05, 0) is 46.6 Å². The van der Waals surface area contributed by atoms with Gasteiger partial charge in [0.05, 0.1) is 10.3 Å². The highest BCUT2D eigenvalue weighted by atomic mass is 79.9. The molecule has 0 aliphatic carbocycles. The normalized spacial score (nSPS) is 12.9. The molecule has 0 aliphatic heterocycles. The Morgan fingerprint density at radius 3 is 2.88 bits per heavy atom. The first-order valence-corrected chi connectivity index (χ1v) is 7.43. The van der Waals surface area contributed by atoms with E-state index in [1.54, 1.807) is 11.3 Å². The quantitative estimate of drug-likeness (QED) is 0.897. The maximum absolute atomic E-state index is 6.01. The Bertz CT molecular complexity index is 475. The molecule has 0 aliphatic rings. The monoisotopic (exact) mass is 312 g/mol. The van der Waals surface area contributed by atoms with Crippen LogP contribution in [-0.4, -0.2) is 10.6 Å². The van der Waals surface area contributed by atoms with Gasteiger partial charge in [-0.25, -0.2) is 0 Å². The minimum absolute atomic E-state index is 0.263. The molecule has 2 rings (SSSR count). The molecular weight excluding hydrogens is 296 g/mol. The van der Waals surface area contributed by atoms with Crippen LogP contribution in [0, 0.1) is 0 Å². The molecule has 2 heterocycles. The Morgan fingerprint density at radius 2 is 2.24 bits per heavy atom. The molecule has 0 bridgehead atoms. The fraction of sp³-hybridized carbons (Fsp3) is 0.385. The third-order valence-corrected chi connectivity index (χ3v) is 4.48. The molecule has 0 radical (unpaired) electrons. The van der Waals surface area contributed by atoms with E-state index >= 15 is 0 Å². The molecule has 0 saturated carbocycles. The van der Waals surface area contributed by atoms with Crippen molar-refractivity contribution in [2.45, 2.75) is 32.4 Å². The minimum Gasteiger partial charge on any atom is -0.346 e. The number of thiophene rings is 1. The molecule has 0 fully saturated rings. The van der Waals surface area contributed by atoms with E-state index in [0.29, 0.717) is 0 Å². The Labute approximate surface area is 115 Å². The second-order valence-electron chi connectivity index (χ2n) is 4.21. The molecule has 1 unspecified atom stereocenters. The summed E-state index contributed by atoms with van der Waals surface area (Å²) < 4.78 is 3.47. The molecular formula is C13H17BrN2S. The number of nitrogens with two attached hydrogens (primary N) is 1. The van der Waals surface area contributed by atoms with E-state index in [9.17, 15) is 0 Å². The van der Waals surface area contributed by atoms with Crippen molar-refractivity contribution in [1.82, 2.24) is 4.57 Å². The maximum atomic E-state index is 6.01. The van der Waals surface area contributed by atoms with Gasteiger partial charge in [-0.15, -0.1) is 11.3 Å². The Kier molecular flexibility index (Phi) is 4.42. The largest absolute Gasteiger partial charge is 0.346 e. The highest BCUT2D eigenvalue weighted by molar-refractivity contribution is 9.11. The lowest BCUT2D eigenvalue weighted by molar-refractivity contribution is 0.611.